The number of nitrogens with one attached hydrogen (secondary N) is 1. The fourth-order valence-electron chi connectivity index (χ4n) is 2.91. The molecule has 150 valence electrons. The molecule has 2 aromatic carbocycles. The van der Waals surface area contributed by atoms with E-state index in [1.54, 1.807) is 0 Å². The van der Waals surface area contributed by atoms with Crippen LogP contribution in [0.25, 0.3) is 5.69 Å². The first-order valence-electron chi connectivity index (χ1n) is 9.16. The number of thioether (sulfide) groups is 1. The minimum absolute atomic E-state index is 0.0502. The van der Waals surface area contributed by atoms with Gasteiger partial charge in [0.2, 0.25) is 11.8 Å². The lowest BCUT2D eigenvalue weighted by Gasteiger charge is -2.14. The van der Waals surface area contributed by atoms with Crippen molar-refractivity contribution in [1.29, 1.82) is 0 Å². The number of nitrogens with zero attached hydrogens (tertiary/aromatic N) is 2. The van der Waals surface area contributed by atoms with Gasteiger partial charge in [-0.1, -0.05) is 47.7 Å². The van der Waals surface area contributed by atoms with E-state index in [4.69, 9.17) is 0 Å². The van der Waals surface area contributed by atoms with Crippen LogP contribution in [-0.4, -0.2) is 26.3 Å². The molecule has 0 radical (unpaired) electrons. The highest BCUT2D eigenvalue weighted by Gasteiger charge is 2.17. The normalized spacial score (nSPS) is 10.8. The lowest BCUT2D eigenvalue weighted by atomic mass is 10.1. The van der Waals surface area contributed by atoms with E-state index in [0.29, 0.717) is 5.69 Å². The SMILES string of the molecule is Cc1ccc(-n2c(SCC(=O)Nc3c(C)cccc3C)nc(O)c(C)c2=O)cc1. The number of carbonyl (C=O) groups is 1. The molecule has 1 heterocycles. The molecule has 0 aliphatic rings. The summed E-state index contributed by atoms with van der Waals surface area (Å²) in [5, 5.41) is 13.2. The Hall–Kier alpha value is -3.06. The zero-order chi connectivity index (χ0) is 21.1. The van der Waals surface area contributed by atoms with E-state index in [2.05, 4.69) is 10.3 Å². The van der Waals surface area contributed by atoms with Crippen LogP contribution < -0.4 is 10.9 Å². The monoisotopic (exact) mass is 409 g/mol. The smallest absolute Gasteiger partial charge is 0.265 e. The molecule has 0 unspecified atom stereocenters. The Morgan fingerprint density at radius 1 is 1.07 bits per heavy atom. The number of amides is 1. The summed E-state index contributed by atoms with van der Waals surface area (Å²) in [7, 11) is 0. The Kier molecular flexibility index (Phi) is 6.08. The summed E-state index contributed by atoms with van der Waals surface area (Å²) in [6.07, 6.45) is 0. The Balaban J connectivity index is 1.88. The van der Waals surface area contributed by atoms with E-state index in [0.717, 1.165) is 34.1 Å². The molecule has 0 saturated heterocycles. The molecule has 2 N–H and O–H groups in total. The number of rotatable bonds is 5. The Morgan fingerprint density at radius 3 is 2.31 bits per heavy atom. The van der Waals surface area contributed by atoms with Gasteiger partial charge in [0.15, 0.2) is 5.16 Å². The summed E-state index contributed by atoms with van der Waals surface area (Å²) in [5.74, 6) is -0.484. The summed E-state index contributed by atoms with van der Waals surface area (Å²) < 4.78 is 1.42. The van der Waals surface area contributed by atoms with Gasteiger partial charge < -0.3 is 10.4 Å². The Labute approximate surface area is 173 Å². The molecule has 0 saturated carbocycles. The van der Waals surface area contributed by atoms with Gasteiger partial charge in [-0.05, 0) is 51.0 Å². The van der Waals surface area contributed by atoms with Crippen LogP contribution in [0.1, 0.15) is 22.3 Å². The number of aromatic nitrogens is 2. The predicted octanol–water partition coefficient (Wildman–Crippen LogP) is 3.90. The maximum atomic E-state index is 12.8. The predicted molar refractivity (Wildman–Crippen MR) is 116 cm³/mol. The molecule has 29 heavy (non-hydrogen) atoms. The standard InChI is InChI=1S/C22H23N3O3S/c1-13-8-10-17(11-9-13)25-21(28)16(4)20(27)24-22(25)29-12-18(26)23-19-14(2)6-5-7-15(19)3/h5-11,27H,12H2,1-4H3,(H,23,26). The maximum absolute atomic E-state index is 12.8. The number of aromatic hydroxyl groups is 1. The highest BCUT2D eigenvalue weighted by atomic mass is 32.2. The fraction of sp³-hybridized carbons (Fsp3) is 0.227. The second-order valence-corrected chi connectivity index (χ2v) is 7.87. The van der Waals surface area contributed by atoms with Gasteiger partial charge in [0.05, 0.1) is 17.0 Å². The van der Waals surface area contributed by atoms with Crippen LogP contribution in [0.2, 0.25) is 0 Å². The van der Waals surface area contributed by atoms with Crippen molar-refractivity contribution in [3.05, 3.63) is 75.1 Å². The maximum Gasteiger partial charge on any atom is 0.265 e. The van der Waals surface area contributed by atoms with Gasteiger partial charge in [0.1, 0.15) is 0 Å². The summed E-state index contributed by atoms with van der Waals surface area (Å²) >= 11 is 1.10. The largest absolute Gasteiger partial charge is 0.493 e. The molecule has 3 rings (SSSR count). The van der Waals surface area contributed by atoms with Crippen molar-refractivity contribution in [2.45, 2.75) is 32.9 Å². The average molecular weight is 410 g/mol. The first-order valence-corrected chi connectivity index (χ1v) is 10.1. The molecule has 6 nitrogen and oxygen atoms in total. The topological polar surface area (TPSA) is 84.2 Å². The third-order valence-electron chi connectivity index (χ3n) is 4.62. The van der Waals surface area contributed by atoms with Crippen molar-refractivity contribution in [2.24, 2.45) is 0 Å². The minimum atomic E-state index is -0.362. The lowest BCUT2D eigenvalue weighted by molar-refractivity contribution is -0.113. The number of hydrogen-bond donors (Lipinski definition) is 2. The number of para-hydroxylation sites is 1. The van der Waals surface area contributed by atoms with Gasteiger partial charge >= 0.3 is 0 Å². The molecule has 0 spiro atoms. The molecule has 1 aromatic heterocycles. The van der Waals surface area contributed by atoms with Crippen LogP contribution in [0.4, 0.5) is 5.69 Å². The third kappa shape index (κ3) is 4.51. The molecule has 0 bridgehead atoms. The molecule has 0 fully saturated rings. The van der Waals surface area contributed by atoms with Crippen LogP contribution in [0.5, 0.6) is 5.88 Å². The molecular formula is C22H23N3O3S. The van der Waals surface area contributed by atoms with E-state index in [1.807, 2.05) is 63.2 Å². The van der Waals surface area contributed by atoms with Crippen LogP contribution >= 0.6 is 11.8 Å². The van der Waals surface area contributed by atoms with Crippen LogP contribution in [0.3, 0.4) is 0 Å². The quantitative estimate of drug-likeness (QED) is 0.493. The van der Waals surface area contributed by atoms with E-state index < -0.39 is 0 Å². The average Bonchev–Trinajstić information content (AvgIpc) is 2.68. The van der Waals surface area contributed by atoms with E-state index >= 15 is 0 Å². The van der Waals surface area contributed by atoms with Crippen LogP contribution in [0.15, 0.2) is 52.4 Å². The molecule has 0 aliphatic carbocycles. The zero-order valence-electron chi connectivity index (χ0n) is 16.8. The van der Waals surface area contributed by atoms with E-state index in [1.165, 1.54) is 11.5 Å². The molecular weight excluding hydrogens is 386 g/mol. The summed E-state index contributed by atoms with van der Waals surface area (Å²) in [4.78, 5) is 29.4. The van der Waals surface area contributed by atoms with Gasteiger partial charge in [-0.3, -0.25) is 14.2 Å². The third-order valence-corrected chi connectivity index (χ3v) is 5.56. The lowest BCUT2D eigenvalue weighted by Crippen LogP contribution is -2.24. The number of anilines is 1. The van der Waals surface area contributed by atoms with E-state index in [9.17, 15) is 14.7 Å². The van der Waals surface area contributed by atoms with Crippen molar-refractivity contribution in [3.8, 4) is 11.6 Å². The van der Waals surface area contributed by atoms with Gasteiger partial charge in [-0.2, -0.15) is 4.98 Å². The Bertz CT molecular complexity index is 1100. The summed E-state index contributed by atoms with van der Waals surface area (Å²) in [6, 6.07) is 13.2. The van der Waals surface area contributed by atoms with Crippen LogP contribution in [-0.2, 0) is 4.79 Å². The summed E-state index contributed by atoms with van der Waals surface area (Å²) in [6.45, 7) is 7.35. The van der Waals surface area contributed by atoms with Gasteiger partial charge in [0, 0.05) is 5.69 Å². The van der Waals surface area contributed by atoms with Crippen molar-refractivity contribution < 1.29 is 9.90 Å². The van der Waals surface area contributed by atoms with Gasteiger partial charge in [-0.25, -0.2) is 0 Å². The minimum Gasteiger partial charge on any atom is -0.493 e. The fourth-order valence-corrected chi connectivity index (χ4v) is 3.71. The number of benzene rings is 2. The zero-order valence-corrected chi connectivity index (χ0v) is 17.6. The molecule has 1 amide bonds. The first kappa shape index (κ1) is 20.7. The molecule has 7 heteroatoms. The molecule has 0 atom stereocenters. The van der Waals surface area contributed by atoms with Crippen molar-refractivity contribution in [1.82, 2.24) is 9.55 Å². The van der Waals surface area contributed by atoms with Crippen LogP contribution in [0, 0.1) is 27.7 Å². The molecule has 0 aliphatic heterocycles. The first-order chi connectivity index (χ1) is 13.8. The second kappa shape index (κ2) is 8.53. The highest BCUT2D eigenvalue weighted by Crippen LogP contribution is 2.24. The van der Waals surface area contributed by atoms with Crippen molar-refractivity contribution in [3.63, 3.8) is 0 Å². The second-order valence-electron chi connectivity index (χ2n) is 6.92. The number of aryl methyl sites for hydroxylation is 3. The molecule has 3 aromatic rings. The Morgan fingerprint density at radius 2 is 1.69 bits per heavy atom. The number of hydrogen-bond acceptors (Lipinski definition) is 5. The van der Waals surface area contributed by atoms with Crippen molar-refractivity contribution in [2.75, 3.05) is 11.1 Å². The van der Waals surface area contributed by atoms with Crippen molar-refractivity contribution >= 4 is 23.4 Å². The van der Waals surface area contributed by atoms with Gasteiger partial charge in [-0.15, -0.1) is 0 Å². The summed E-state index contributed by atoms with van der Waals surface area (Å²) in [5.41, 5.74) is 4.24. The highest BCUT2D eigenvalue weighted by molar-refractivity contribution is 7.99. The van der Waals surface area contributed by atoms with Gasteiger partial charge in [0.25, 0.3) is 5.56 Å². The van der Waals surface area contributed by atoms with E-state index in [-0.39, 0.29) is 33.8 Å². The number of carbonyl (C=O) groups excluding carboxylic acids is 1.